The topological polar surface area (TPSA) is 90.5 Å². The molecule has 11 heteroatoms. The van der Waals surface area contributed by atoms with E-state index >= 15 is 0 Å². The Bertz CT molecular complexity index is 1250. The minimum atomic E-state index is -4.78. The summed E-state index contributed by atoms with van der Waals surface area (Å²) in [5.74, 6) is -0.455. The second-order valence-electron chi connectivity index (χ2n) is 7.27. The highest BCUT2D eigenvalue weighted by molar-refractivity contribution is 6.05. The van der Waals surface area contributed by atoms with Crippen LogP contribution in [0.25, 0.3) is 5.82 Å². The molecule has 4 aromatic rings. The molecule has 4 rings (SSSR count). The number of nitrogens with one attached hydrogen (secondary N) is 1. The van der Waals surface area contributed by atoms with E-state index < -0.39 is 29.4 Å². The van der Waals surface area contributed by atoms with Crippen LogP contribution in [0.5, 0.6) is 0 Å². The number of pyridine rings is 1. The molecule has 3 aromatic heterocycles. The van der Waals surface area contributed by atoms with Crippen LogP contribution in [-0.2, 0) is 12.6 Å². The fourth-order valence-electron chi connectivity index (χ4n) is 3.51. The van der Waals surface area contributed by atoms with E-state index in [9.17, 15) is 18.0 Å². The third kappa shape index (κ3) is 4.47. The van der Waals surface area contributed by atoms with Gasteiger partial charge in [0.05, 0.1) is 42.1 Å². The Kier molecular flexibility index (Phi) is 5.95. The van der Waals surface area contributed by atoms with Gasteiger partial charge in [-0.25, -0.2) is 4.98 Å². The minimum Gasteiger partial charge on any atom is -0.320 e. The smallest absolute Gasteiger partial charge is 0.320 e. The molecule has 0 radical (unpaired) electrons. The number of carbonyl (C=O) groups is 1. The first-order chi connectivity index (χ1) is 15.8. The van der Waals surface area contributed by atoms with Crippen LogP contribution < -0.4 is 5.32 Å². The molecule has 1 atom stereocenters. The first-order valence-corrected chi connectivity index (χ1v) is 10.2. The Hall–Kier alpha value is -4.02. The Morgan fingerprint density at radius 2 is 1.79 bits per heavy atom. The number of hydrogen-bond donors (Lipinski definition) is 1. The summed E-state index contributed by atoms with van der Waals surface area (Å²) in [5, 5.41) is 14.5. The van der Waals surface area contributed by atoms with Gasteiger partial charge in [0, 0.05) is 5.56 Å². The molecule has 0 saturated heterocycles. The molecular formula is C22H20F3N7O. The van der Waals surface area contributed by atoms with Gasteiger partial charge in [0.25, 0.3) is 5.91 Å². The van der Waals surface area contributed by atoms with Gasteiger partial charge in [0.1, 0.15) is 0 Å². The highest BCUT2D eigenvalue weighted by Gasteiger charge is 2.41. The van der Waals surface area contributed by atoms with Gasteiger partial charge in [0.15, 0.2) is 11.5 Å². The molecule has 1 aromatic carbocycles. The Morgan fingerprint density at radius 1 is 1.09 bits per heavy atom. The van der Waals surface area contributed by atoms with Crippen LogP contribution in [0.1, 0.15) is 47.1 Å². The lowest BCUT2D eigenvalue weighted by molar-refractivity contribution is -0.144. The van der Waals surface area contributed by atoms with E-state index in [1.54, 1.807) is 43.3 Å². The van der Waals surface area contributed by atoms with Crippen LogP contribution in [0.3, 0.4) is 0 Å². The summed E-state index contributed by atoms with van der Waals surface area (Å²) in [6.45, 7) is 3.48. The van der Waals surface area contributed by atoms with Crippen molar-refractivity contribution in [3.05, 3.63) is 83.6 Å². The van der Waals surface area contributed by atoms with Crippen molar-refractivity contribution in [3.63, 3.8) is 0 Å². The van der Waals surface area contributed by atoms with Gasteiger partial charge in [-0.05, 0) is 25.0 Å². The first kappa shape index (κ1) is 22.2. The summed E-state index contributed by atoms with van der Waals surface area (Å²) >= 11 is 0. The maximum Gasteiger partial charge on any atom is 0.433 e. The molecule has 0 saturated carbocycles. The van der Waals surface area contributed by atoms with Gasteiger partial charge < -0.3 is 5.32 Å². The third-order valence-electron chi connectivity index (χ3n) is 5.15. The van der Waals surface area contributed by atoms with Gasteiger partial charge in [-0.15, -0.1) is 4.80 Å². The van der Waals surface area contributed by atoms with E-state index in [1.165, 1.54) is 23.4 Å². The maximum atomic E-state index is 14.0. The second kappa shape index (κ2) is 8.85. The van der Waals surface area contributed by atoms with Gasteiger partial charge in [-0.3, -0.25) is 9.48 Å². The third-order valence-corrected chi connectivity index (χ3v) is 5.15. The van der Waals surface area contributed by atoms with Gasteiger partial charge in [-0.2, -0.15) is 28.5 Å². The highest BCUT2D eigenvalue weighted by Crippen LogP contribution is 2.35. The summed E-state index contributed by atoms with van der Waals surface area (Å²) in [6.07, 6.45) is 1.06. The number of rotatable bonds is 6. The number of nitrogens with zero attached hydrogens (tertiary/aromatic N) is 6. The lowest BCUT2D eigenvalue weighted by Crippen LogP contribution is -2.23. The number of alkyl halides is 3. The molecule has 1 amide bonds. The number of carbonyl (C=O) groups excluding carboxylic acids is 1. The summed E-state index contributed by atoms with van der Waals surface area (Å²) in [6, 6.07) is 9.57. The molecule has 0 bridgehead atoms. The van der Waals surface area contributed by atoms with E-state index in [-0.39, 0.29) is 5.69 Å². The average molecular weight is 455 g/mol. The fraction of sp³-hybridized carbons (Fsp3) is 0.227. The largest absolute Gasteiger partial charge is 0.433 e. The molecule has 0 aliphatic carbocycles. The Morgan fingerprint density at radius 3 is 2.42 bits per heavy atom. The normalized spacial score (nSPS) is 12.5. The lowest BCUT2D eigenvalue weighted by Gasteiger charge is -2.18. The molecule has 8 nitrogen and oxygen atoms in total. The van der Waals surface area contributed by atoms with Crippen molar-refractivity contribution in [2.45, 2.75) is 32.5 Å². The monoisotopic (exact) mass is 455 g/mol. The van der Waals surface area contributed by atoms with Gasteiger partial charge in [-0.1, -0.05) is 37.3 Å². The molecule has 0 fully saturated rings. The number of amides is 1. The molecule has 0 aliphatic rings. The second-order valence-corrected chi connectivity index (χ2v) is 7.27. The Balaban J connectivity index is 1.66. The number of aromatic nitrogens is 6. The molecule has 3 heterocycles. The zero-order valence-corrected chi connectivity index (χ0v) is 17.8. The quantitative estimate of drug-likeness (QED) is 0.468. The number of aryl methyl sites for hydroxylation is 1. The Labute approximate surface area is 187 Å². The summed E-state index contributed by atoms with van der Waals surface area (Å²) < 4.78 is 42.8. The standard InChI is InChI=1S/C22H20F3N7O/c1-3-15-11-17(12-26-20(15)32-27-9-10-28-32)30-21(33)18-13-29-31(19(18)22(23,24)25)14(2)16-7-5-4-6-8-16/h4-14H,3H2,1-2H3,(H,30,33). The van der Waals surface area contributed by atoms with E-state index in [0.29, 0.717) is 23.4 Å². The van der Waals surface area contributed by atoms with Crippen LogP contribution >= 0.6 is 0 Å². The van der Waals surface area contributed by atoms with Crippen LogP contribution in [-0.4, -0.2) is 35.7 Å². The first-order valence-electron chi connectivity index (χ1n) is 10.2. The molecule has 0 aliphatic heterocycles. The number of benzene rings is 1. The van der Waals surface area contributed by atoms with Crippen LogP contribution in [0.4, 0.5) is 18.9 Å². The molecule has 1 unspecified atom stereocenters. The van der Waals surface area contributed by atoms with Crippen LogP contribution in [0.15, 0.2) is 61.2 Å². The van der Waals surface area contributed by atoms with Gasteiger partial charge >= 0.3 is 6.18 Å². The van der Waals surface area contributed by atoms with Crippen LogP contribution in [0, 0.1) is 0 Å². The molecule has 33 heavy (non-hydrogen) atoms. The molecule has 170 valence electrons. The van der Waals surface area contributed by atoms with Gasteiger partial charge in [0.2, 0.25) is 0 Å². The molecular weight excluding hydrogens is 435 g/mol. The number of anilines is 1. The summed E-state index contributed by atoms with van der Waals surface area (Å²) in [7, 11) is 0. The van der Waals surface area contributed by atoms with Crippen molar-refractivity contribution in [3.8, 4) is 5.82 Å². The van der Waals surface area contributed by atoms with Crippen LogP contribution in [0.2, 0.25) is 0 Å². The van der Waals surface area contributed by atoms with Crippen molar-refractivity contribution in [2.75, 3.05) is 5.32 Å². The zero-order valence-electron chi connectivity index (χ0n) is 17.8. The predicted molar refractivity (Wildman–Crippen MR) is 114 cm³/mol. The molecule has 0 spiro atoms. The van der Waals surface area contributed by atoms with E-state index in [2.05, 4.69) is 25.6 Å². The van der Waals surface area contributed by atoms with Crippen molar-refractivity contribution in [1.82, 2.24) is 29.8 Å². The summed E-state index contributed by atoms with van der Waals surface area (Å²) in [5.41, 5.74) is -0.0746. The zero-order chi connectivity index (χ0) is 23.6. The average Bonchev–Trinajstić information content (AvgIpc) is 3.49. The lowest BCUT2D eigenvalue weighted by atomic mass is 10.1. The van der Waals surface area contributed by atoms with Crippen molar-refractivity contribution in [2.24, 2.45) is 0 Å². The van der Waals surface area contributed by atoms with E-state index in [1.807, 2.05) is 6.92 Å². The SMILES string of the molecule is CCc1cc(NC(=O)c2cnn(C(C)c3ccccc3)c2C(F)(F)F)cnc1-n1nccn1. The predicted octanol–water partition coefficient (Wildman–Crippen LogP) is 4.30. The number of halogens is 3. The van der Waals surface area contributed by atoms with E-state index in [4.69, 9.17) is 0 Å². The van der Waals surface area contributed by atoms with Crippen molar-refractivity contribution in [1.29, 1.82) is 0 Å². The maximum absolute atomic E-state index is 14.0. The van der Waals surface area contributed by atoms with Crippen molar-refractivity contribution < 1.29 is 18.0 Å². The fourth-order valence-corrected chi connectivity index (χ4v) is 3.51. The van der Waals surface area contributed by atoms with E-state index in [0.717, 1.165) is 10.9 Å². The summed E-state index contributed by atoms with van der Waals surface area (Å²) in [4.78, 5) is 18.4. The minimum absolute atomic E-state index is 0.254. The number of hydrogen-bond acceptors (Lipinski definition) is 5. The highest BCUT2D eigenvalue weighted by atomic mass is 19.4. The van der Waals surface area contributed by atoms with Crippen molar-refractivity contribution >= 4 is 11.6 Å². The molecule has 1 N–H and O–H groups in total.